The first kappa shape index (κ1) is 11.7. The molecule has 0 unspecified atom stereocenters. The molecule has 0 bridgehead atoms. The molecule has 1 saturated carbocycles. The van der Waals surface area contributed by atoms with Gasteiger partial charge in [0.1, 0.15) is 0 Å². The van der Waals surface area contributed by atoms with E-state index < -0.39 is 11.4 Å². The van der Waals surface area contributed by atoms with Gasteiger partial charge in [-0.2, -0.15) is 0 Å². The first-order valence-electron chi connectivity index (χ1n) is 5.20. The summed E-state index contributed by atoms with van der Waals surface area (Å²) in [5.41, 5.74) is 0.313. The van der Waals surface area contributed by atoms with Gasteiger partial charge in [-0.25, -0.2) is 0 Å². The van der Waals surface area contributed by atoms with Gasteiger partial charge >= 0.3 is 5.97 Å². The van der Waals surface area contributed by atoms with E-state index in [1.165, 1.54) is 0 Å². The van der Waals surface area contributed by atoms with Gasteiger partial charge in [-0.15, -0.1) is 0 Å². The molecule has 0 aromatic heterocycles. The highest BCUT2D eigenvalue weighted by Crippen LogP contribution is 2.44. The van der Waals surface area contributed by atoms with Crippen molar-refractivity contribution in [3.05, 3.63) is 33.8 Å². The van der Waals surface area contributed by atoms with Crippen molar-refractivity contribution in [1.82, 2.24) is 0 Å². The lowest BCUT2D eigenvalue weighted by molar-refractivity contribution is -0.154. The molecule has 4 heteroatoms. The van der Waals surface area contributed by atoms with Crippen molar-refractivity contribution in [3.63, 3.8) is 0 Å². The van der Waals surface area contributed by atoms with Gasteiger partial charge in [0.15, 0.2) is 0 Å². The lowest BCUT2D eigenvalue weighted by Crippen LogP contribution is -2.39. The van der Waals surface area contributed by atoms with Gasteiger partial charge in [0.25, 0.3) is 0 Å². The fraction of sp³-hybridized carbons (Fsp3) is 0.417. The Labute approximate surface area is 104 Å². The van der Waals surface area contributed by atoms with Crippen LogP contribution in [-0.2, 0) is 11.2 Å². The van der Waals surface area contributed by atoms with Crippen LogP contribution in [0.5, 0.6) is 0 Å². The maximum absolute atomic E-state index is 11.2. The highest BCUT2D eigenvalue weighted by Gasteiger charge is 2.44. The highest BCUT2D eigenvalue weighted by atomic mass is 35.5. The molecule has 16 heavy (non-hydrogen) atoms. The molecule has 86 valence electrons. The average molecular weight is 259 g/mol. The number of hydrogen-bond donors (Lipinski definition) is 1. The van der Waals surface area contributed by atoms with Crippen molar-refractivity contribution in [1.29, 1.82) is 0 Å². The van der Waals surface area contributed by atoms with E-state index in [1.54, 1.807) is 18.2 Å². The number of carboxylic acid groups (broad SMARTS) is 1. The Morgan fingerprint density at radius 2 is 1.81 bits per heavy atom. The molecule has 1 N–H and O–H groups in total. The second kappa shape index (κ2) is 4.27. The molecule has 0 amide bonds. The standard InChI is InChI=1S/C12H12Cl2O2/c13-9-4-8(5-10(14)6-9)7-12(11(15)16)2-1-3-12/h4-6H,1-3,7H2,(H,15,16). The minimum absolute atomic E-state index is 0.516. The Balaban J connectivity index is 2.22. The Kier molecular flexibility index (Phi) is 3.13. The van der Waals surface area contributed by atoms with Gasteiger partial charge in [0, 0.05) is 10.0 Å². The maximum atomic E-state index is 11.2. The van der Waals surface area contributed by atoms with E-state index in [0.717, 1.165) is 24.8 Å². The molecule has 1 aromatic carbocycles. The molecule has 0 atom stereocenters. The number of aliphatic carboxylic acids is 1. The van der Waals surface area contributed by atoms with Crippen LogP contribution in [0.25, 0.3) is 0 Å². The summed E-state index contributed by atoms with van der Waals surface area (Å²) in [6, 6.07) is 5.23. The van der Waals surface area contributed by atoms with Crippen LogP contribution in [0.3, 0.4) is 0 Å². The van der Waals surface area contributed by atoms with Crippen molar-refractivity contribution in [2.75, 3.05) is 0 Å². The van der Waals surface area contributed by atoms with Gasteiger partial charge < -0.3 is 5.11 Å². The lowest BCUT2D eigenvalue weighted by Gasteiger charge is -2.37. The SMILES string of the molecule is O=C(O)C1(Cc2cc(Cl)cc(Cl)c2)CCC1. The van der Waals surface area contributed by atoms with E-state index in [2.05, 4.69) is 0 Å². The van der Waals surface area contributed by atoms with Gasteiger partial charge in [-0.1, -0.05) is 29.6 Å². The first-order chi connectivity index (χ1) is 7.52. The predicted molar refractivity (Wildman–Crippen MR) is 64.1 cm³/mol. The van der Waals surface area contributed by atoms with Crippen LogP contribution in [0.15, 0.2) is 18.2 Å². The van der Waals surface area contributed by atoms with E-state index >= 15 is 0 Å². The summed E-state index contributed by atoms with van der Waals surface area (Å²) in [7, 11) is 0. The quantitative estimate of drug-likeness (QED) is 0.896. The van der Waals surface area contributed by atoms with Crippen LogP contribution >= 0.6 is 23.2 Å². The minimum Gasteiger partial charge on any atom is -0.481 e. The van der Waals surface area contributed by atoms with Crippen molar-refractivity contribution in [3.8, 4) is 0 Å². The fourth-order valence-corrected chi connectivity index (χ4v) is 2.74. The monoisotopic (exact) mass is 258 g/mol. The number of halogens is 2. The molecule has 1 fully saturated rings. The molecule has 0 saturated heterocycles. The van der Waals surface area contributed by atoms with Crippen LogP contribution < -0.4 is 0 Å². The van der Waals surface area contributed by atoms with Crippen molar-refractivity contribution in [2.24, 2.45) is 5.41 Å². The van der Waals surface area contributed by atoms with Crippen LogP contribution in [0.2, 0.25) is 10.0 Å². The van der Waals surface area contributed by atoms with Crippen molar-refractivity contribution < 1.29 is 9.90 Å². The summed E-state index contributed by atoms with van der Waals surface area (Å²) < 4.78 is 0. The third kappa shape index (κ3) is 2.18. The van der Waals surface area contributed by atoms with Crippen LogP contribution in [0.1, 0.15) is 24.8 Å². The van der Waals surface area contributed by atoms with Crippen LogP contribution in [0, 0.1) is 5.41 Å². The summed E-state index contributed by atoms with van der Waals surface area (Å²) in [6.07, 6.45) is 2.99. The molecule has 1 aliphatic carbocycles. The number of carboxylic acids is 1. The molecular formula is C12H12Cl2O2. The molecule has 2 rings (SSSR count). The lowest BCUT2D eigenvalue weighted by atomic mass is 9.65. The second-order valence-corrected chi connectivity index (χ2v) is 5.27. The molecule has 1 aromatic rings. The number of rotatable bonds is 3. The third-order valence-corrected chi connectivity index (χ3v) is 3.67. The summed E-state index contributed by atoms with van der Waals surface area (Å²) in [4.78, 5) is 11.2. The molecule has 2 nitrogen and oxygen atoms in total. The molecule has 1 aliphatic rings. The van der Waals surface area contributed by atoms with Crippen LogP contribution in [0.4, 0.5) is 0 Å². The van der Waals surface area contributed by atoms with Gasteiger partial charge in [0.05, 0.1) is 5.41 Å². The Morgan fingerprint density at radius 3 is 2.19 bits per heavy atom. The van der Waals surface area contributed by atoms with Gasteiger partial charge in [0.2, 0.25) is 0 Å². The van der Waals surface area contributed by atoms with E-state index in [9.17, 15) is 9.90 Å². The topological polar surface area (TPSA) is 37.3 Å². The summed E-state index contributed by atoms with van der Waals surface area (Å²) in [6.45, 7) is 0. The fourth-order valence-electron chi connectivity index (χ4n) is 2.17. The van der Waals surface area contributed by atoms with Gasteiger partial charge in [-0.05, 0) is 43.0 Å². The average Bonchev–Trinajstić information content (AvgIpc) is 2.09. The number of benzene rings is 1. The molecule has 0 radical (unpaired) electrons. The number of hydrogen-bond acceptors (Lipinski definition) is 1. The summed E-state index contributed by atoms with van der Waals surface area (Å²) in [5.74, 6) is -0.713. The van der Waals surface area contributed by atoms with Crippen molar-refractivity contribution >= 4 is 29.2 Å². The zero-order valence-electron chi connectivity index (χ0n) is 8.67. The highest BCUT2D eigenvalue weighted by molar-refractivity contribution is 6.34. The Morgan fingerprint density at radius 1 is 1.25 bits per heavy atom. The zero-order valence-corrected chi connectivity index (χ0v) is 10.2. The summed E-state index contributed by atoms with van der Waals surface area (Å²) in [5, 5.41) is 10.3. The first-order valence-corrected chi connectivity index (χ1v) is 5.96. The molecule has 0 spiro atoms. The summed E-state index contributed by atoms with van der Waals surface area (Å²) >= 11 is 11.8. The van der Waals surface area contributed by atoms with E-state index in [1.807, 2.05) is 0 Å². The predicted octanol–water partition coefficient (Wildman–Crippen LogP) is 3.79. The Bertz CT molecular complexity index is 405. The second-order valence-electron chi connectivity index (χ2n) is 4.39. The Hall–Kier alpha value is -0.730. The van der Waals surface area contributed by atoms with Gasteiger partial charge in [-0.3, -0.25) is 4.79 Å². The van der Waals surface area contributed by atoms with E-state index in [-0.39, 0.29) is 0 Å². The smallest absolute Gasteiger partial charge is 0.309 e. The number of carbonyl (C=O) groups is 1. The molecule has 0 aliphatic heterocycles. The van der Waals surface area contributed by atoms with Crippen LogP contribution in [-0.4, -0.2) is 11.1 Å². The molecule has 0 heterocycles. The van der Waals surface area contributed by atoms with Crippen molar-refractivity contribution in [2.45, 2.75) is 25.7 Å². The minimum atomic E-state index is -0.713. The third-order valence-electron chi connectivity index (χ3n) is 3.23. The normalized spacial score (nSPS) is 17.9. The molecular weight excluding hydrogens is 247 g/mol. The maximum Gasteiger partial charge on any atom is 0.309 e. The van der Waals surface area contributed by atoms with E-state index in [4.69, 9.17) is 23.2 Å². The zero-order chi connectivity index (χ0) is 11.8. The van der Waals surface area contributed by atoms with E-state index in [0.29, 0.717) is 16.5 Å². The largest absolute Gasteiger partial charge is 0.481 e.